The Morgan fingerprint density at radius 2 is 0.635 bits per heavy atom. The molecule has 440 valence electrons. The minimum absolute atomic E-state index is 0.0151. The monoisotopic (exact) mass is 1040 g/mol. The van der Waals surface area contributed by atoms with Crippen LogP contribution < -0.4 is 5.32 Å². The second-order valence-corrected chi connectivity index (χ2v) is 23.5. The Morgan fingerprint density at radius 3 is 0.959 bits per heavy atom. The summed E-state index contributed by atoms with van der Waals surface area (Å²) < 4.78 is 5.48. The van der Waals surface area contributed by atoms with E-state index in [1.807, 2.05) is 0 Å². The molecule has 0 fully saturated rings. The number of nitrogens with one attached hydrogen (secondary N) is 1. The highest BCUT2D eigenvalue weighted by Gasteiger charge is 2.20. The number of carbonyl (C=O) groups excluding carboxylic acids is 2. The van der Waals surface area contributed by atoms with Gasteiger partial charge in [0.15, 0.2) is 0 Å². The van der Waals surface area contributed by atoms with Crippen LogP contribution in [0.1, 0.15) is 386 Å². The lowest BCUT2D eigenvalue weighted by molar-refractivity contribution is -0.143. The third-order valence-electron chi connectivity index (χ3n) is 16.1. The van der Waals surface area contributed by atoms with Crippen LogP contribution in [0, 0.1) is 0 Å². The van der Waals surface area contributed by atoms with Gasteiger partial charge in [-0.15, -0.1) is 0 Å². The molecule has 74 heavy (non-hydrogen) atoms. The second kappa shape index (κ2) is 64.1. The van der Waals surface area contributed by atoms with Crippen LogP contribution in [0.2, 0.25) is 0 Å². The highest BCUT2D eigenvalue weighted by molar-refractivity contribution is 5.76. The van der Waals surface area contributed by atoms with E-state index in [1.165, 1.54) is 315 Å². The first-order chi connectivity index (χ1) is 36.5. The molecule has 0 heterocycles. The molecule has 0 aromatic rings. The number of esters is 1. The van der Waals surface area contributed by atoms with Gasteiger partial charge in [-0.2, -0.15) is 0 Å². The van der Waals surface area contributed by atoms with Crippen LogP contribution in [0.4, 0.5) is 0 Å². The zero-order chi connectivity index (χ0) is 53.6. The fourth-order valence-corrected chi connectivity index (χ4v) is 10.9. The van der Waals surface area contributed by atoms with Crippen LogP contribution in [-0.4, -0.2) is 47.4 Å². The van der Waals surface area contributed by atoms with Crippen LogP contribution in [0.15, 0.2) is 12.2 Å². The summed E-state index contributed by atoms with van der Waals surface area (Å²) in [6.45, 7) is 4.99. The summed E-state index contributed by atoms with van der Waals surface area (Å²) in [5.41, 5.74) is 0. The van der Waals surface area contributed by atoms with E-state index < -0.39 is 12.1 Å². The summed E-state index contributed by atoms with van der Waals surface area (Å²) in [6, 6.07) is -0.545. The van der Waals surface area contributed by atoms with E-state index in [0.717, 1.165) is 38.5 Å². The van der Waals surface area contributed by atoms with E-state index in [4.69, 9.17) is 4.74 Å². The number of unbranched alkanes of at least 4 members (excludes halogenated alkanes) is 51. The number of allylic oxidation sites excluding steroid dienone is 2. The van der Waals surface area contributed by atoms with Crippen molar-refractivity contribution >= 4 is 11.9 Å². The van der Waals surface area contributed by atoms with Gasteiger partial charge in [0.1, 0.15) is 0 Å². The minimum Gasteiger partial charge on any atom is -0.466 e. The van der Waals surface area contributed by atoms with Crippen molar-refractivity contribution in [3.05, 3.63) is 12.2 Å². The van der Waals surface area contributed by atoms with Gasteiger partial charge in [0.25, 0.3) is 0 Å². The number of carbonyl (C=O) groups is 2. The molecule has 0 saturated carbocycles. The molecular weight excluding hydrogens is 911 g/mol. The van der Waals surface area contributed by atoms with Gasteiger partial charge < -0.3 is 20.3 Å². The third-order valence-corrected chi connectivity index (χ3v) is 16.1. The Hall–Kier alpha value is -1.40. The Bertz CT molecular complexity index is 1110. The largest absolute Gasteiger partial charge is 0.466 e. The summed E-state index contributed by atoms with van der Waals surface area (Å²) >= 11 is 0. The molecule has 1 amide bonds. The Labute approximate surface area is 463 Å². The average Bonchev–Trinajstić information content (AvgIpc) is 3.40. The van der Waals surface area contributed by atoms with Crippen molar-refractivity contribution in [3.8, 4) is 0 Å². The van der Waals surface area contributed by atoms with Crippen molar-refractivity contribution in [2.45, 2.75) is 398 Å². The third kappa shape index (κ3) is 59.8. The first-order valence-electron chi connectivity index (χ1n) is 33.9. The molecule has 0 spiro atoms. The first-order valence-corrected chi connectivity index (χ1v) is 33.9. The fraction of sp³-hybridized carbons (Fsp3) is 0.941. The molecule has 6 heteroatoms. The maximum absolute atomic E-state index is 12.5. The van der Waals surface area contributed by atoms with E-state index in [-0.39, 0.29) is 18.5 Å². The van der Waals surface area contributed by atoms with Gasteiger partial charge >= 0.3 is 5.97 Å². The van der Waals surface area contributed by atoms with Gasteiger partial charge in [-0.05, 0) is 51.4 Å². The molecule has 2 unspecified atom stereocenters. The smallest absolute Gasteiger partial charge is 0.305 e. The van der Waals surface area contributed by atoms with Gasteiger partial charge in [-0.1, -0.05) is 334 Å². The molecule has 0 aliphatic rings. The minimum atomic E-state index is -0.667. The molecule has 0 aromatic heterocycles. The standard InChI is InChI=1S/C68H133NO5/c1-3-5-7-9-11-13-15-17-18-19-20-27-30-33-37-40-44-48-52-56-60-66(71)65(64-70)69-67(72)61-57-53-49-45-41-38-34-31-28-25-23-21-22-24-26-29-32-35-39-43-47-51-55-59-63-74-68(73)62-58-54-50-46-42-36-16-14-12-10-8-6-4-2/h23,25,65-66,70-71H,3-22,24,26-64H2,1-2H3,(H,69,72)/b25-23-. The Morgan fingerprint density at radius 1 is 0.365 bits per heavy atom. The van der Waals surface area contributed by atoms with Crippen LogP contribution in [0.3, 0.4) is 0 Å². The molecule has 0 saturated heterocycles. The lowest BCUT2D eigenvalue weighted by Gasteiger charge is -2.22. The van der Waals surface area contributed by atoms with Crippen molar-refractivity contribution in [1.29, 1.82) is 0 Å². The molecule has 0 aromatic carbocycles. The summed E-state index contributed by atoms with van der Waals surface area (Å²) in [6.07, 6.45) is 78.1. The second-order valence-electron chi connectivity index (χ2n) is 23.5. The zero-order valence-electron chi connectivity index (χ0n) is 50.4. The number of aliphatic hydroxyl groups excluding tert-OH is 2. The number of ether oxygens (including phenoxy) is 1. The number of hydrogen-bond donors (Lipinski definition) is 3. The van der Waals surface area contributed by atoms with Crippen molar-refractivity contribution in [1.82, 2.24) is 5.32 Å². The molecule has 0 radical (unpaired) electrons. The summed E-state index contributed by atoms with van der Waals surface area (Å²) in [7, 11) is 0. The van der Waals surface area contributed by atoms with Gasteiger partial charge in [-0.3, -0.25) is 9.59 Å². The van der Waals surface area contributed by atoms with Crippen LogP contribution in [0.25, 0.3) is 0 Å². The van der Waals surface area contributed by atoms with E-state index in [0.29, 0.717) is 25.9 Å². The van der Waals surface area contributed by atoms with Gasteiger partial charge in [0.2, 0.25) is 5.91 Å². The maximum atomic E-state index is 12.5. The molecule has 6 nitrogen and oxygen atoms in total. The maximum Gasteiger partial charge on any atom is 0.305 e. The Balaban J connectivity index is 3.40. The highest BCUT2D eigenvalue weighted by Crippen LogP contribution is 2.19. The number of aliphatic hydroxyl groups is 2. The summed E-state index contributed by atoms with van der Waals surface area (Å²) in [5.74, 6) is -0.0201. The Kier molecular flexibility index (Phi) is 62.9. The van der Waals surface area contributed by atoms with Crippen LogP contribution in [0.5, 0.6) is 0 Å². The number of hydrogen-bond acceptors (Lipinski definition) is 5. The molecule has 2 atom stereocenters. The van der Waals surface area contributed by atoms with Crippen LogP contribution >= 0.6 is 0 Å². The van der Waals surface area contributed by atoms with Gasteiger partial charge in [0, 0.05) is 12.8 Å². The number of rotatable bonds is 64. The molecule has 0 bridgehead atoms. The van der Waals surface area contributed by atoms with E-state index in [9.17, 15) is 19.8 Å². The van der Waals surface area contributed by atoms with Crippen molar-refractivity contribution in [3.63, 3.8) is 0 Å². The van der Waals surface area contributed by atoms with Gasteiger partial charge in [0.05, 0.1) is 25.4 Å². The van der Waals surface area contributed by atoms with E-state index in [2.05, 4.69) is 31.3 Å². The number of amides is 1. The topological polar surface area (TPSA) is 95.9 Å². The van der Waals surface area contributed by atoms with E-state index >= 15 is 0 Å². The molecule has 0 aliphatic carbocycles. The molecule has 0 aliphatic heterocycles. The lowest BCUT2D eigenvalue weighted by atomic mass is 10.0. The normalized spacial score (nSPS) is 12.5. The zero-order valence-corrected chi connectivity index (χ0v) is 50.4. The highest BCUT2D eigenvalue weighted by atomic mass is 16.5. The SMILES string of the molecule is CCCCCCCCCCCCCCCCCCCCCCC(O)C(CO)NC(=O)CCCCCCCCCC/C=C\CCCCCCCCCCCCCCOC(=O)CCCCCCCCCCCCCCC. The predicted molar refractivity (Wildman–Crippen MR) is 324 cm³/mol. The molecular formula is C68H133NO5. The van der Waals surface area contributed by atoms with Gasteiger partial charge in [-0.25, -0.2) is 0 Å². The molecule has 0 rings (SSSR count). The van der Waals surface area contributed by atoms with Crippen LogP contribution in [-0.2, 0) is 14.3 Å². The quantitative estimate of drug-likeness (QED) is 0.0320. The molecule has 3 N–H and O–H groups in total. The van der Waals surface area contributed by atoms with Crippen molar-refractivity contribution in [2.24, 2.45) is 0 Å². The fourth-order valence-electron chi connectivity index (χ4n) is 10.9. The van der Waals surface area contributed by atoms with Crippen molar-refractivity contribution in [2.75, 3.05) is 13.2 Å². The van der Waals surface area contributed by atoms with E-state index in [1.54, 1.807) is 0 Å². The summed E-state index contributed by atoms with van der Waals surface area (Å²) in [4.78, 5) is 24.6. The lowest BCUT2D eigenvalue weighted by Crippen LogP contribution is -2.45. The first kappa shape index (κ1) is 72.6. The average molecular weight is 1040 g/mol. The van der Waals surface area contributed by atoms with Crippen molar-refractivity contribution < 1.29 is 24.5 Å². The predicted octanol–water partition coefficient (Wildman–Crippen LogP) is 21.6. The summed E-state index contributed by atoms with van der Waals surface area (Å²) in [5, 5.41) is 23.4.